The maximum atomic E-state index is 0. The van der Waals surface area contributed by atoms with Gasteiger partial charge in [-0.1, -0.05) is 0 Å². The third kappa shape index (κ3) is 9.81. The summed E-state index contributed by atoms with van der Waals surface area (Å²) in [6.45, 7) is 0. The summed E-state index contributed by atoms with van der Waals surface area (Å²) in [4.78, 5) is 0. The summed E-state index contributed by atoms with van der Waals surface area (Å²) in [5, 5.41) is 0. The molecule has 0 bridgehead atoms. The second-order valence-electron chi connectivity index (χ2n) is 0. The molecular formula is O2ReZr. The molecule has 0 aliphatic heterocycles. The largest absolute Gasteiger partial charge is 4.00 e. The van der Waals surface area contributed by atoms with Gasteiger partial charge in [0.25, 0.3) is 0 Å². The van der Waals surface area contributed by atoms with Gasteiger partial charge in [0.1, 0.15) is 0 Å². The predicted octanol–water partition coefficient (Wildman–Crippen LogP) is -0.243. The van der Waals surface area contributed by atoms with Crippen LogP contribution in [0, 0.1) is 0 Å². The molecule has 0 aromatic carbocycles. The zero-order valence-corrected chi connectivity index (χ0v) is 6.87. The first-order valence-electron chi connectivity index (χ1n) is 0. The van der Waals surface area contributed by atoms with Gasteiger partial charge in [0.05, 0.1) is 0 Å². The molecule has 0 unspecified atom stereocenters. The molecule has 0 atom stereocenters. The van der Waals surface area contributed by atoms with Crippen molar-refractivity contribution in [1.82, 2.24) is 0 Å². The van der Waals surface area contributed by atoms with E-state index in [1.54, 1.807) is 0 Å². The van der Waals surface area contributed by atoms with Gasteiger partial charge in [-0.2, -0.15) is 0 Å². The predicted molar refractivity (Wildman–Crippen MR) is 1.37 cm³/mol. The van der Waals surface area contributed by atoms with E-state index in [-0.39, 0.29) is 57.6 Å². The van der Waals surface area contributed by atoms with E-state index in [2.05, 4.69) is 0 Å². The Morgan fingerprint density at radius 3 is 0.750 bits per heavy atom. The molecule has 0 aromatic heterocycles. The Bertz CT molecular complexity index is 6.00. The van der Waals surface area contributed by atoms with Crippen LogP contribution in [0.3, 0.4) is 0 Å². The van der Waals surface area contributed by atoms with Crippen LogP contribution >= 0.6 is 0 Å². The molecule has 23 valence electrons. The molecule has 0 heterocycles. The zero-order chi connectivity index (χ0) is 0. The van der Waals surface area contributed by atoms with Gasteiger partial charge in [0.15, 0.2) is 0 Å². The van der Waals surface area contributed by atoms with E-state index in [9.17, 15) is 0 Å². The summed E-state index contributed by atoms with van der Waals surface area (Å²) in [5.74, 6) is 0. The Kier molecular flexibility index (Phi) is 317. The monoisotopic (exact) mass is 309 g/mol. The fourth-order valence-corrected chi connectivity index (χ4v) is 0. The number of hydrogen-bond acceptors (Lipinski definition) is 0. The first kappa shape index (κ1) is 50.7. The molecular weight excluding hydrogens is 309 g/mol. The van der Waals surface area contributed by atoms with Crippen LogP contribution in [-0.2, 0) is 57.6 Å². The van der Waals surface area contributed by atoms with Crippen LogP contribution in [0.4, 0.5) is 0 Å². The van der Waals surface area contributed by atoms with Crippen molar-refractivity contribution < 1.29 is 57.6 Å². The Hall–Kier alpha value is 1.47. The molecule has 0 aromatic rings. The Morgan fingerprint density at radius 1 is 0.750 bits per heavy atom. The summed E-state index contributed by atoms with van der Waals surface area (Å²) >= 11 is 0. The van der Waals surface area contributed by atoms with Crippen LogP contribution in [0.15, 0.2) is 0 Å². The maximum absolute atomic E-state index is 0. The SMILES string of the molecule is [O-2].[O-2].[Re].[Zr+4]. The zero-order valence-electron chi connectivity index (χ0n) is 1.69. The molecule has 0 saturated heterocycles. The van der Waals surface area contributed by atoms with Crippen LogP contribution in [-0.4, -0.2) is 0 Å². The van der Waals surface area contributed by atoms with E-state index in [1.807, 2.05) is 0 Å². The average Bonchev–Trinajstić information content (AvgIpc) is 0. The Balaban J connectivity index is 0. The Morgan fingerprint density at radius 2 is 0.750 bits per heavy atom. The molecule has 0 amide bonds. The molecule has 1 radical (unpaired) electrons. The molecule has 0 fully saturated rings. The van der Waals surface area contributed by atoms with Gasteiger partial charge in [-0.15, -0.1) is 0 Å². The van der Waals surface area contributed by atoms with Crippen molar-refractivity contribution in [2.45, 2.75) is 0 Å². The molecule has 0 saturated carbocycles. The standard InChI is InChI=1S/2O.Re.Zr/q2*-2;;+4. The minimum atomic E-state index is 0. The second kappa shape index (κ2) is 25.0. The molecule has 0 aliphatic carbocycles. The third-order valence-electron chi connectivity index (χ3n) is 0. The third-order valence-corrected chi connectivity index (χ3v) is 0. The van der Waals surface area contributed by atoms with E-state index in [1.165, 1.54) is 0 Å². The molecule has 0 aliphatic rings. The molecule has 0 N–H and O–H groups in total. The van der Waals surface area contributed by atoms with E-state index in [0.29, 0.717) is 0 Å². The van der Waals surface area contributed by atoms with Gasteiger partial charge >= 0.3 is 26.2 Å². The normalized spacial score (nSPS) is 0. The minimum absolute atomic E-state index is 0. The minimum Gasteiger partial charge on any atom is -2.00 e. The van der Waals surface area contributed by atoms with Crippen molar-refractivity contribution in [3.05, 3.63) is 0 Å². The molecule has 4 heavy (non-hydrogen) atoms. The summed E-state index contributed by atoms with van der Waals surface area (Å²) in [7, 11) is 0. The van der Waals surface area contributed by atoms with Crippen LogP contribution in [0.1, 0.15) is 0 Å². The van der Waals surface area contributed by atoms with Crippen molar-refractivity contribution in [2.75, 3.05) is 0 Å². The first-order valence-corrected chi connectivity index (χ1v) is 0. The number of hydrogen-bond donors (Lipinski definition) is 0. The summed E-state index contributed by atoms with van der Waals surface area (Å²) in [6.07, 6.45) is 0. The van der Waals surface area contributed by atoms with Gasteiger partial charge in [-0.05, 0) is 0 Å². The van der Waals surface area contributed by atoms with E-state index in [4.69, 9.17) is 0 Å². The molecule has 4 heteroatoms. The smallest absolute Gasteiger partial charge is 2.00 e. The number of rotatable bonds is 0. The van der Waals surface area contributed by atoms with Crippen molar-refractivity contribution >= 4 is 0 Å². The summed E-state index contributed by atoms with van der Waals surface area (Å²) in [5.41, 5.74) is 0. The van der Waals surface area contributed by atoms with Gasteiger partial charge in [-0.25, -0.2) is 0 Å². The van der Waals surface area contributed by atoms with Crippen molar-refractivity contribution in [2.24, 2.45) is 0 Å². The van der Waals surface area contributed by atoms with Gasteiger partial charge in [0.2, 0.25) is 0 Å². The van der Waals surface area contributed by atoms with Gasteiger partial charge in [0, 0.05) is 20.4 Å². The van der Waals surface area contributed by atoms with E-state index < -0.39 is 0 Å². The fraction of sp³-hybridized carbons (Fsp3) is 0. The first-order chi connectivity index (χ1) is 0. The van der Waals surface area contributed by atoms with E-state index in [0.717, 1.165) is 0 Å². The van der Waals surface area contributed by atoms with Gasteiger partial charge < -0.3 is 11.0 Å². The second-order valence-corrected chi connectivity index (χ2v) is 0. The fourth-order valence-electron chi connectivity index (χ4n) is 0. The summed E-state index contributed by atoms with van der Waals surface area (Å²) in [6, 6.07) is 0. The maximum Gasteiger partial charge on any atom is 4.00 e. The van der Waals surface area contributed by atoms with Crippen molar-refractivity contribution in [3.8, 4) is 0 Å². The average molecular weight is 309 g/mol. The van der Waals surface area contributed by atoms with E-state index >= 15 is 0 Å². The van der Waals surface area contributed by atoms with Crippen molar-refractivity contribution in [3.63, 3.8) is 0 Å². The topological polar surface area (TPSA) is 57.0 Å². The Labute approximate surface area is 57.4 Å². The summed E-state index contributed by atoms with van der Waals surface area (Å²) < 4.78 is 0. The van der Waals surface area contributed by atoms with Crippen LogP contribution in [0.25, 0.3) is 0 Å². The van der Waals surface area contributed by atoms with Crippen LogP contribution in [0.2, 0.25) is 0 Å². The molecule has 0 spiro atoms. The molecule has 2 nitrogen and oxygen atoms in total. The van der Waals surface area contributed by atoms with Crippen molar-refractivity contribution in [1.29, 1.82) is 0 Å². The van der Waals surface area contributed by atoms with Gasteiger partial charge in [-0.3, -0.25) is 0 Å². The molecule has 0 rings (SSSR count). The quantitative estimate of drug-likeness (QED) is 0.593. The van der Waals surface area contributed by atoms with Crippen LogP contribution in [0.5, 0.6) is 0 Å². The van der Waals surface area contributed by atoms with Crippen LogP contribution < -0.4 is 0 Å².